The molecule has 4 rings (SSSR count). The van der Waals surface area contributed by atoms with Gasteiger partial charge in [0.2, 0.25) is 0 Å². The van der Waals surface area contributed by atoms with E-state index in [0.717, 1.165) is 5.52 Å². The molecule has 3 heterocycles. The number of benzene rings is 1. The molecule has 4 atom stereocenters. The minimum atomic E-state index is -0.741. The molecule has 1 N–H and O–H groups in total. The highest BCUT2D eigenvalue weighted by Crippen LogP contribution is 2.45. The van der Waals surface area contributed by atoms with Crippen LogP contribution in [0.3, 0.4) is 0 Å². The summed E-state index contributed by atoms with van der Waals surface area (Å²) in [7, 11) is 0. The Labute approximate surface area is 156 Å². The highest BCUT2D eigenvalue weighted by molar-refractivity contribution is 9.10. The van der Waals surface area contributed by atoms with E-state index in [2.05, 4.69) is 20.9 Å². The number of aliphatic hydroxyl groups is 1. The predicted molar refractivity (Wildman–Crippen MR) is 92.3 cm³/mol. The van der Waals surface area contributed by atoms with E-state index in [4.69, 9.17) is 37.4 Å². The highest BCUT2D eigenvalue weighted by atomic mass is 79.9. The van der Waals surface area contributed by atoms with Gasteiger partial charge in [0.15, 0.2) is 16.7 Å². The zero-order valence-corrected chi connectivity index (χ0v) is 16.0. The van der Waals surface area contributed by atoms with Gasteiger partial charge in [-0.25, -0.2) is 4.98 Å². The van der Waals surface area contributed by atoms with Crippen molar-refractivity contribution in [1.29, 1.82) is 0 Å². The van der Waals surface area contributed by atoms with E-state index >= 15 is 0 Å². The van der Waals surface area contributed by atoms with Crippen LogP contribution in [0, 0.1) is 0 Å². The van der Waals surface area contributed by atoms with Crippen LogP contribution >= 0.6 is 39.1 Å². The van der Waals surface area contributed by atoms with Gasteiger partial charge in [0.05, 0.1) is 27.7 Å². The summed E-state index contributed by atoms with van der Waals surface area (Å²) >= 11 is 15.7. The summed E-state index contributed by atoms with van der Waals surface area (Å²) in [6, 6.07) is 3.44. The summed E-state index contributed by atoms with van der Waals surface area (Å²) in [5, 5.41) is 10.5. The molecule has 6 nitrogen and oxygen atoms in total. The molecule has 1 aromatic carbocycles. The number of rotatable bonds is 2. The topological polar surface area (TPSA) is 65.7 Å². The van der Waals surface area contributed by atoms with Gasteiger partial charge in [-0.15, -0.1) is 0 Å². The third-order valence-corrected chi connectivity index (χ3v) is 5.53. The lowest BCUT2D eigenvalue weighted by Gasteiger charge is -2.24. The Morgan fingerprint density at radius 1 is 1.25 bits per heavy atom. The van der Waals surface area contributed by atoms with Gasteiger partial charge in [0.1, 0.15) is 18.3 Å². The molecule has 0 aliphatic carbocycles. The number of aromatic nitrogens is 2. The first kappa shape index (κ1) is 17.0. The second kappa shape index (κ2) is 5.81. The summed E-state index contributed by atoms with van der Waals surface area (Å²) < 4.78 is 20.3. The third-order valence-electron chi connectivity index (χ3n) is 4.25. The Balaban J connectivity index is 1.82. The first-order chi connectivity index (χ1) is 11.3. The Kier molecular flexibility index (Phi) is 4.12. The molecule has 0 unspecified atom stereocenters. The molecule has 0 radical (unpaired) electrons. The molecule has 1 aromatic heterocycles. The van der Waals surface area contributed by atoms with E-state index in [0.29, 0.717) is 20.3 Å². The van der Waals surface area contributed by atoms with Crippen LogP contribution in [0.15, 0.2) is 16.9 Å². The summed E-state index contributed by atoms with van der Waals surface area (Å²) in [4.78, 5) is 4.46. The van der Waals surface area contributed by atoms with Gasteiger partial charge >= 0.3 is 0 Å². The molecule has 2 saturated heterocycles. The number of hydrogen-bond donors (Lipinski definition) is 1. The SMILES string of the molecule is CC1(C)O[C@@H]2[C@H](O1)[C@@H](CO)O[C@H]2n1c(Br)nc2cc(Cl)c(Cl)cc21. The van der Waals surface area contributed by atoms with Crippen LogP contribution in [0.1, 0.15) is 20.1 Å². The van der Waals surface area contributed by atoms with E-state index in [1.54, 1.807) is 12.1 Å². The minimum Gasteiger partial charge on any atom is -0.394 e. The maximum absolute atomic E-state index is 9.63. The standard InChI is InChI=1S/C15H15BrCl2N2O4/c1-15(2)23-11-10(5-21)22-13(12(11)24-15)20-9-4-7(18)6(17)3-8(9)19-14(20)16/h3-4,10-13,21H,5H2,1-2H3/t10-,11-,12-,13-/m1/s1. The Hall–Kier alpha value is -0.410. The second-order valence-electron chi connectivity index (χ2n) is 6.32. The average molecular weight is 438 g/mol. The molecular formula is C15H15BrCl2N2O4. The van der Waals surface area contributed by atoms with Crippen molar-refractivity contribution in [2.24, 2.45) is 0 Å². The number of imidazole rings is 1. The van der Waals surface area contributed by atoms with Crippen molar-refractivity contribution in [2.75, 3.05) is 6.61 Å². The van der Waals surface area contributed by atoms with Crippen molar-refractivity contribution in [2.45, 2.75) is 44.2 Å². The zero-order chi connectivity index (χ0) is 17.2. The number of aliphatic hydroxyl groups excluding tert-OH is 1. The molecule has 0 amide bonds. The molecule has 2 fully saturated rings. The molecule has 2 aliphatic rings. The first-order valence-corrected chi connectivity index (χ1v) is 9.00. The molecule has 24 heavy (non-hydrogen) atoms. The molecule has 0 spiro atoms. The number of nitrogens with zero attached hydrogens (tertiary/aromatic N) is 2. The van der Waals surface area contributed by atoms with Gasteiger partial charge in [-0.2, -0.15) is 0 Å². The molecule has 0 saturated carbocycles. The minimum absolute atomic E-state index is 0.159. The summed E-state index contributed by atoms with van der Waals surface area (Å²) in [5.41, 5.74) is 1.44. The van der Waals surface area contributed by atoms with Gasteiger partial charge in [-0.05, 0) is 41.9 Å². The highest BCUT2D eigenvalue weighted by Gasteiger charge is 2.56. The van der Waals surface area contributed by atoms with Crippen LogP contribution in [0.2, 0.25) is 10.0 Å². The maximum Gasteiger partial charge on any atom is 0.180 e. The van der Waals surface area contributed by atoms with E-state index in [1.165, 1.54) is 0 Å². The number of halogens is 3. The van der Waals surface area contributed by atoms with Crippen LogP contribution in [0.25, 0.3) is 11.0 Å². The fraction of sp³-hybridized carbons (Fsp3) is 0.533. The zero-order valence-electron chi connectivity index (χ0n) is 12.9. The van der Waals surface area contributed by atoms with Gasteiger partial charge in [0, 0.05) is 0 Å². The molecule has 2 aromatic rings. The van der Waals surface area contributed by atoms with Crippen molar-refractivity contribution in [3.8, 4) is 0 Å². The first-order valence-electron chi connectivity index (χ1n) is 7.45. The monoisotopic (exact) mass is 436 g/mol. The van der Waals surface area contributed by atoms with E-state index in [1.807, 2.05) is 18.4 Å². The van der Waals surface area contributed by atoms with E-state index < -0.39 is 18.1 Å². The van der Waals surface area contributed by atoms with Crippen molar-refractivity contribution in [3.63, 3.8) is 0 Å². The fourth-order valence-electron chi connectivity index (χ4n) is 3.32. The summed E-state index contributed by atoms with van der Waals surface area (Å²) in [6.45, 7) is 3.52. The number of hydrogen-bond acceptors (Lipinski definition) is 5. The van der Waals surface area contributed by atoms with Crippen LogP contribution in [0.4, 0.5) is 0 Å². The molecule has 2 aliphatic heterocycles. The van der Waals surface area contributed by atoms with Crippen molar-refractivity contribution >= 4 is 50.2 Å². The Morgan fingerprint density at radius 2 is 1.92 bits per heavy atom. The van der Waals surface area contributed by atoms with Crippen molar-refractivity contribution in [1.82, 2.24) is 9.55 Å². The van der Waals surface area contributed by atoms with Crippen LogP contribution in [-0.2, 0) is 14.2 Å². The Bertz CT molecular complexity index is 812. The van der Waals surface area contributed by atoms with Crippen molar-refractivity contribution < 1.29 is 19.3 Å². The normalized spacial score (nSPS) is 31.8. The van der Waals surface area contributed by atoms with Gasteiger partial charge in [0.25, 0.3) is 0 Å². The van der Waals surface area contributed by atoms with Crippen LogP contribution in [-0.4, -0.2) is 45.4 Å². The lowest BCUT2D eigenvalue weighted by atomic mass is 10.1. The average Bonchev–Trinajstić information content (AvgIpc) is 3.08. The van der Waals surface area contributed by atoms with Crippen LogP contribution in [0.5, 0.6) is 0 Å². The van der Waals surface area contributed by atoms with Gasteiger partial charge in [-0.1, -0.05) is 23.2 Å². The smallest absolute Gasteiger partial charge is 0.180 e. The summed E-state index contributed by atoms with van der Waals surface area (Å²) in [5.74, 6) is -0.741. The molecular weight excluding hydrogens is 423 g/mol. The fourth-order valence-corrected chi connectivity index (χ4v) is 4.22. The molecule has 9 heteroatoms. The third kappa shape index (κ3) is 2.58. The maximum atomic E-state index is 9.63. The molecule has 0 bridgehead atoms. The quantitative estimate of drug-likeness (QED) is 0.778. The van der Waals surface area contributed by atoms with E-state index in [-0.39, 0.29) is 18.8 Å². The largest absolute Gasteiger partial charge is 0.394 e. The van der Waals surface area contributed by atoms with Gasteiger partial charge < -0.3 is 19.3 Å². The van der Waals surface area contributed by atoms with Crippen molar-refractivity contribution in [3.05, 3.63) is 26.9 Å². The van der Waals surface area contributed by atoms with Crippen LogP contribution < -0.4 is 0 Å². The number of ether oxygens (including phenoxy) is 3. The van der Waals surface area contributed by atoms with E-state index in [9.17, 15) is 5.11 Å². The number of fused-ring (bicyclic) bond motifs is 2. The lowest BCUT2D eigenvalue weighted by Crippen LogP contribution is -2.31. The lowest BCUT2D eigenvalue weighted by molar-refractivity contribution is -0.199. The predicted octanol–water partition coefficient (Wildman–Crippen LogP) is 3.52. The molecule has 130 valence electrons. The second-order valence-corrected chi connectivity index (χ2v) is 7.84. The Morgan fingerprint density at radius 3 is 2.62 bits per heavy atom. The van der Waals surface area contributed by atoms with Gasteiger partial charge in [-0.3, -0.25) is 4.57 Å². The summed E-state index contributed by atoms with van der Waals surface area (Å²) in [6.07, 6.45) is -1.72.